The highest BCUT2D eigenvalue weighted by molar-refractivity contribution is 5.25. The van der Waals surface area contributed by atoms with Gasteiger partial charge in [-0.2, -0.15) is 0 Å². The molecule has 1 saturated carbocycles. The molecule has 1 aliphatic rings. The van der Waals surface area contributed by atoms with Crippen LogP contribution in [0, 0.1) is 0 Å². The Bertz CT molecular complexity index is 404. The Balaban J connectivity index is 1.85. The average Bonchev–Trinajstić information content (AvgIpc) is 3.31. The molecule has 0 bridgehead atoms. The lowest BCUT2D eigenvalue weighted by atomic mass is 9.99. The van der Waals surface area contributed by atoms with Crippen molar-refractivity contribution in [3.05, 3.63) is 35.4 Å². The summed E-state index contributed by atoms with van der Waals surface area (Å²) < 4.78 is 0. The van der Waals surface area contributed by atoms with Crippen molar-refractivity contribution in [1.29, 1.82) is 0 Å². The first-order valence-corrected chi connectivity index (χ1v) is 8.66. The van der Waals surface area contributed by atoms with Gasteiger partial charge in [0.2, 0.25) is 0 Å². The van der Waals surface area contributed by atoms with Gasteiger partial charge in [-0.1, -0.05) is 45.0 Å². The van der Waals surface area contributed by atoms with E-state index in [4.69, 9.17) is 0 Å². The molecule has 1 aromatic rings. The van der Waals surface area contributed by atoms with Gasteiger partial charge in [0.05, 0.1) is 0 Å². The third-order valence-corrected chi connectivity index (χ3v) is 4.84. The third-order valence-electron chi connectivity index (χ3n) is 4.84. The van der Waals surface area contributed by atoms with Gasteiger partial charge in [-0.3, -0.25) is 4.90 Å². The van der Waals surface area contributed by atoms with Gasteiger partial charge < -0.3 is 5.32 Å². The van der Waals surface area contributed by atoms with Crippen LogP contribution in [0.5, 0.6) is 0 Å². The third kappa shape index (κ3) is 5.12. The summed E-state index contributed by atoms with van der Waals surface area (Å²) in [5.41, 5.74) is 2.88. The molecule has 1 fully saturated rings. The van der Waals surface area contributed by atoms with Gasteiger partial charge in [0, 0.05) is 25.2 Å². The first-order chi connectivity index (χ1) is 10.1. The van der Waals surface area contributed by atoms with Gasteiger partial charge in [-0.15, -0.1) is 0 Å². The molecule has 118 valence electrons. The van der Waals surface area contributed by atoms with Gasteiger partial charge in [0.15, 0.2) is 0 Å². The SMILES string of the molecule is CCC(CC)N(C)Cc1ccc(C(C)CNC2CC2)cc1. The lowest BCUT2D eigenvalue weighted by molar-refractivity contribution is 0.222. The van der Waals surface area contributed by atoms with Gasteiger partial charge in [-0.05, 0) is 49.8 Å². The smallest absolute Gasteiger partial charge is 0.0233 e. The van der Waals surface area contributed by atoms with Crippen LogP contribution in [0.15, 0.2) is 24.3 Å². The number of nitrogens with one attached hydrogen (secondary N) is 1. The second-order valence-corrected chi connectivity index (χ2v) is 6.71. The van der Waals surface area contributed by atoms with Crippen molar-refractivity contribution in [3.63, 3.8) is 0 Å². The molecule has 1 unspecified atom stereocenters. The molecule has 0 spiro atoms. The predicted octanol–water partition coefficient (Wildman–Crippen LogP) is 4.16. The van der Waals surface area contributed by atoms with Crippen LogP contribution in [0.1, 0.15) is 63.5 Å². The first-order valence-electron chi connectivity index (χ1n) is 8.66. The summed E-state index contributed by atoms with van der Waals surface area (Å²) in [5.74, 6) is 0.608. The van der Waals surface area contributed by atoms with E-state index in [9.17, 15) is 0 Å². The molecule has 21 heavy (non-hydrogen) atoms. The Labute approximate surface area is 130 Å². The summed E-state index contributed by atoms with van der Waals surface area (Å²) in [7, 11) is 2.24. The maximum Gasteiger partial charge on any atom is 0.0233 e. The molecular formula is C19H32N2. The highest BCUT2D eigenvalue weighted by Gasteiger charge is 2.21. The Kier molecular flexibility index (Phi) is 6.25. The van der Waals surface area contributed by atoms with Crippen LogP contribution in [-0.2, 0) is 6.54 Å². The van der Waals surface area contributed by atoms with E-state index in [2.05, 4.69) is 62.3 Å². The number of nitrogens with zero attached hydrogens (tertiary/aromatic N) is 1. The maximum atomic E-state index is 3.62. The van der Waals surface area contributed by atoms with Crippen LogP contribution in [-0.4, -0.2) is 30.6 Å². The minimum Gasteiger partial charge on any atom is -0.313 e. The topological polar surface area (TPSA) is 15.3 Å². The lowest BCUT2D eigenvalue weighted by Gasteiger charge is -2.26. The quantitative estimate of drug-likeness (QED) is 0.734. The lowest BCUT2D eigenvalue weighted by Crippen LogP contribution is -2.29. The minimum atomic E-state index is 0.608. The second kappa shape index (κ2) is 7.95. The van der Waals surface area contributed by atoms with Crippen LogP contribution in [0.2, 0.25) is 0 Å². The summed E-state index contributed by atoms with van der Waals surface area (Å²) in [6, 6.07) is 10.8. The summed E-state index contributed by atoms with van der Waals surface area (Å²) in [5, 5.41) is 3.62. The fourth-order valence-corrected chi connectivity index (χ4v) is 3.03. The molecule has 1 aliphatic carbocycles. The summed E-state index contributed by atoms with van der Waals surface area (Å²) in [6.07, 6.45) is 5.20. The zero-order valence-corrected chi connectivity index (χ0v) is 14.2. The molecule has 2 heteroatoms. The van der Waals surface area contributed by atoms with E-state index < -0.39 is 0 Å². The number of benzene rings is 1. The Morgan fingerprint density at radius 1 is 1.14 bits per heavy atom. The Morgan fingerprint density at radius 3 is 2.29 bits per heavy atom. The maximum absolute atomic E-state index is 3.62. The molecule has 0 heterocycles. The zero-order valence-electron chi connectivity index (χ0n) is 14.2. The normalized spacial score (nSPS) is 16.7. The van der Waals surface area contributed by atoms with Crippen molar-refractivity contribution in [2.24, 2.45) is 0 Å². The van der Waals surface area contributed by atoms with Gasteiger partial charge in [-0.25, -0.2) is 0 Å². The van der Waals surface area contributed by atoms with Gasteiger partial charge >= 0.3 is 0 Å². The summed E-state index contributed by atoms with van der Waals surface area (Å²) >= 11 is 0. The van der Waals surface area contributed by atoms with E-state index >= 15 is 0 Å². The molecule has 2 rings (SSSR count). The van der Waals surface area contributed by atoms with Crippen molar-refractivity contribution >= 4 is 0 Å². The predicted molar refractivity (Wildman–Crippen MR) is 91.7 cm³/mol. The number of hydrogen-bond acceptors (Lipinski definition) is 2. The Hall–Kier alpha value is -0.860. The monoisotopic (exact) mass is 288 g/mol. The van der Waals surface area contributed by atoms with Crippen LogP contribution >= 0.6 is 0 Å². The standard InChI is InChI=1S/C19H32N2/c1-5-19(6-2)21(4)14-16-7-9-17(10-8-16)15(3)13-20-18-11-12-18/h7-10,15,18-20H,5-6,11-14H2,1-4H3. The molecule has 1 atom stereocenters. The number of rotatable bonds is 9. The molecule has 2 nitrogen and oxygen atoms in total. The van der Waals surface area contributed by atoms with E-state index in [-0.39, 0.29) is 0 Å². The van der Waals surface area contributed by atoms with Crippen LogP contribution in [0.25, 0.3) is 0 Å². The molecule has 0 amide bonds. The van der Waals surface area contributed by atoms with Crippen LogP contribution < -0.4 is 5.32 Å². The number of hydrogen-bond donors (Lipinski definition) is 1. The summed E-state index contributed by atoms with van der Waals surface area (Å²) in [6.45, 7) is 9.05. The molecule has 0 radical (unpaired) electrons. The first kappa shape index (κ1) is 16.5. The highest BCUT2D eigenvalue weighted by atomic mass is 15.1. The van der Waals surface area contributed by atoms with Crippen LogP contribution in [0.3, 0.4) is 0 Å². The van der Waals surface area contributed by atoms with Crippen molar-refractivity contribution in [3.8, 4) is 0 Å². The molecule has 1 N–H and O–H groups in total. The Morgan fingerprint density at radius 2 is 1.76 bits per heavy atom. The van der Waals surface area contributed by atoms with Crippen molar-refractivity contribution in [2.75, 3.05) is 13.6 Å². The molecule has 0 aliphatic heterocycles. The van der Waals surface area contributed by atoms with E-state index in [0.29, 0.717) is 12.0 Å². The van der Waals surface area contributed by atoms with Crippen molar-refractivity contribution in [2.45, 2.75) is 71.0 Å². The average molecular weight is 288 g/mol. The van der Waals surface area contributed by atoms with E-state index in [1.54, 1.807) is 0 Å². The van der Waals surface area contributed by atoms with Gasteiger partial charge in [0.1, 0.15) is 0 Å². The van der Waals surface area contributed by atoms with E-state index in [1.807, 2.05) is 0 Å². The fourth-order valence-electron chi connectivity index (χ4n) is 3.03. The fraction of sp³-hybridized carbons (Fsp3) is 0.684. The van der Waals surface area contributed by atoms with Gasteiger partial charge in [0.25, 0.3) is 0 Å². The molecular weight excluding hydrogens is 256 g/mol. The minimum absolute atomic E-state index is 0.608. The van der Waals surface area contributed by atoms with Crippen molar-refractivity contribution < 1.29 is 0 Å². The zero-order chi connectivity index (χ0) is 15.2. The largest absolute Gasteiger partial charge is 0.313 e. The highest BCUT2D eigenvalue weighted by Crippen LogP contribution is 2.21. The second-order valence-electron chi connectivity index (χ2n) is 6.71. The van der Waals surface area contributed by atoms with Crippen molar-refractivity contribution in [1.82, 2.24) is 10.2 Å². The molecule has 0 aromatic heterocycles. The molecule has 1 aromatic carbocycles. The van der Waals surface area contributed by atoms with E-state index in [0.717, 1.165) is 19.1 Å². The molecule has 0 saturated heterocycles. The van der Waals surface area contributed by atoms with Crippen LogP contribution in [0.4, 0.5) is 0 Å². The summed E-state index contributed by atoms with van der Waals surface area (Å²) in [4.78, 5) is 2.48. The van der Waals surface area contributed by atoms with E-state index in [1.165, 1.54) is 36.8 Å².